The lowest BCUT2D eigenvalue weighted by atomic mass is 10.1. The zero-order valence-corrected chi connectivity index (χ0v) is 8.65. The molecule has 1 unspecified atom stereocenters. The maximum atomic E-state index is 11.6. The van der Waals surface area contributed by atoms with Gasteiger partial charge in [-0.2, -0.15) is 0 Å². The van der Waals surface area contributed by atoms with Gasteiger partial charge >= 0.3 is 0 Å². The van der Waals surface area contributed by atoms with E-state index >= 15 is 0 Å². The molecule has 1 aliphatic rings. The molecule has 14 heavy (non-hydrogen) atoms. The minimum Gasteiger partial charge on any atom is -0.359 e. The van der Waals surface area contributed by atoms with Gasteiger partial charge in [0.15, 0.2) is 5.76 Å². The number of hydrogen-bond donors (Lipinski definition) is 0. The Bertz CT molecular complexity index is 359. The summed E-state index contributed by atoms with van der Waals surface area (Å²) in [5, 5.41) is 3.83. The summed E-state index contributed by atoms with van der Waals surface area (Å²) in [6.45, 7) is 3.83. The molecule has 1 aliphatic heterocycles. The molecule has 0 N–H and O–H groups in total. The van der Waals surface area contributed by atoms with Crippen LogP contribution in [-0.4, -0.2) is 23.0 Å². The minimum atomic E-state index is 0.0682. The molecule has 2 atom stereocenters. The van der Waals surface area contributed by atoms with Gasteiger partial charge in [-0.3, -0.25) is 4.79 Å². The van der Waals surface area contributed by atoms with E-state index in [2.05, 4.69) is 5.16 Å². The number of carbonyl (C=O) groups excluding carboxylic acids is 1. The van der Waals surface area contributed by atoms with Gasteiger partial charge in [0.25, 0.3) is 0 Å². The van der Waals surface area contributed by atoms with Crippen molar-refractivity contribution in [3.05, 3.63) is 17.5 Å². The lowest BCUT2D eigenvalue weighted by Gasteiger charge is -2.16. The van der Waals surface area contributed by atoms with Crippen LogP contribution in [0.1, 0.15) is 30.8 Å². The predicted octanol–water partition coefficient (Wildman–Crippen LogP) is 1.52. The Morgan fingerprint density at radius 2 is 2.36 bits per heavy atom. The molecule has 0 bridgehead atoms. The Hall–Kier alpha value is -1.32. The maximum absolute atomic E-state index is 11.6. The van der Waals surface area contributed by atoms with Gasteiger partial charge in [-0.05, 0) is 13.3 Å². The highest BCUT2D eigenvalue weighted by Gasteiger charge is 2.37. The average Bonchev–Trinajstić information content (AvgIpc) is 2.66. The van der Waals surface area contributed by atoms with Gasteiger partial charge in [-0.15, -0.1) is 0 Å². The van der Waals surface area contributed by atoms with Crippen LogP contribution in [-0.2, 0) is 4.79 Å². The second-order valence-corrected chi connectivity index (χ2v) is 3.97. The SMILES string of the molecule is Cc1cc([C@@H]2CC(C)C(=O)N2C)on1. The molecule has 1 aromatic heterocycles. The number of carbonyl (C=O) groups is 1. The Labute approximate surface area is 82.9 Å². The number of rotatable bonds is 1. The van der Waals surface area contributed by atoms with Gasteiger partial charge in [-0.1, -0.05) is 12.1 Å². The van der Waals surface area contributed by atoms with Crippen LogP contribution < -0.4 is 0 Å². The van der Waals surface area contributed by atoms with E-state index in [1.54, 1.807) is 4.90 Å². The van der Waals surface area contributed by atoms with E-state index in [9.17, 15) is 4.79 Å². The molecule has 4 heteroatoms. The smallest absolute Gasteiger partial charge is 0.225 e. The summed E-state index contributed by atoms with van der Waals surface area (Å²) in [5.74, 6) is 1.07. The van der Waals surface area contributed by atoms with Crippen molar-refractivity contribution in [3.63, 3.8) is 0 Å². The molecule has 1 aromatic rings. The van der Waals surface area contributed by atoms with Crippen LogP contribution in [0.5, 0.6) is 0 Å². The Morgan fingerprint density at radius 3 is 2.79 bits per heavy atom. The number of aryl methyl sites for hydroxylation is 1. The molecule has 0 saturated carbocycles. The summed E-state index contributed by atoms with van der Waals surface area (Å²) in [6.07, 6.45) is 0.823. The summed E-state index contributed by atoms with van der Waals surface area (Å²) < 4.78 is 5.17. The fourth-order valence-electron chi connectivity index (χ4n) is 1.94. The van der Waals surface area contributed by atoms with Crippen LogP contribution in [0.3, 0.4) is 0 Å². The van der Waals surface area contributed by atoms with E-state index in [0.717, 1.165) is 17.9 Å². The van der Waals surface area contributed by atoms with Crippen molar-refractivity contribution in [3.8, 4) is 0 Å². The Balaban J connectivity index is 2.25. The van der Waals surface area contributed by atoms with Gasteiger partial charge in [-0.25, -0.2) is 0 Å². The summed E-state index contributed by atoms with van der Waals surface area (Å²) in [7, 11) is 1.81. The molecule has 1 saturated heterocycles. The van der Waals surface area contributed by atoms with E-state index in [4.69, 9.17) is 4.52 Å². The van der Waals surface area contributed by atoms with Crippen molar-refractivity contribution >= 4 is 5.91 Å². The molecule has 2 heterocycles. The molecule has 2 rings (SSSR count). The number of aromatic nitrogens is 1. The van der Waals surface area contributed by atoms with E-state index in [1.165, 1.54) is 0 Å². The highest BCUT2D eigenvalue weighted by molar-refractivity contribution is 5.80. The molecule has 1 fully saturated rings. The average molecular weight is 194 g/mol. The summed E-state index contributed by atoms with van der Waals surface area (Å²) >= 11 is 0. The lowest BCUT2D eigenvalue weighted by molar-refractivity contribution is -0.130. The first-order valence-electron chi connectivity index (χ1n) is 4.79. The van der Waals surface area contributed by atoms with Gasteiger partial charge in [0.1, 0.15) is 0 Å². The molecule has 0 aromatic carbocycles. The zero-order valence-electron chi connectivity index (χ0n) is 8.65. The third kappa shape index (κ3) is 1.31. The molecular formula is C10H14N2O2. The van der Waals surface area contributed by atoms with Crippen molar-refractivity contribution in [1.29, 1.82) is 0 Å². The molecule has 0 aliphatic carbocycles. The second kappa shape index (κ2) is 3.12. The number of nitrogens with zero attached hydrogens (tertiary/aromatic N) is 2. The van der Waals surface area contributed by atoms with Crippen LogP contribution in [0.2, 0.25) is 0 Å². The minimum absolute atomic E-state index is 0.0682. The van der Waals surface area contributed by atoms with Crippen molar-refractivity contribution in [2.24, 2.45) is 5.92 Å². The van der Waals surface area contributed by atoms with Gasteiger partial charge in [0, 0.05) is 19.0 Å². The van der Waals surface area contributed by atoms with Gasteiger partial charge in [0.05, 0.1) is 11.7 Å². The first kappa shape index (κ1) is 9.24. The molecule has 4 nitrogen and oxygen atoms in total. The number of likely N-dealkylation sites (tertiary alicyclic amines) is 1. The normalized spacial score (nSPS) is 27.4. The van der Waals surface area contributed by atoms with Crippen LogP contribution >= 0.6 is 0 Å². The second-order valence-electron chi connectivity index (χ2n) is 3.97. The van der Waals surface area contributed by atoms with E-state index in [0.29, 0.717) is 0 Å². The van der Waals surface area contributed by atoms with Crippen LogP contribution in [0, 0.1) is 12.8 Å². The van der Waals surface area contributed by atoms with Crippen molar-refractivity contribution < 1.29 is 9.32 Å². The van der Waals surface area contributed by atoms with E-state index in [-0.39, 0.29) is 17.9 Å². The topological polar surface area (TPSA) is 46.3 Å². The number of amides is 1. The van der Waals surface area contributed by atoms with Crippen LogP contribution in [0.25, 0.3) is 0 Å². The van der Waals surface area contributed by atoms with E-state index < -0.39 is 0 Å². The van der Waals surface area contributed by atoms with Gasteiger partial charge < -0.3 is 9.42 Å². The summed E-state index contributed by atoms with van der Waals surface area (Å²) in [5.41, 5.74) is 0.861. The molecule has 0 radical (unpaired) electrons. The highest BCUT2D eigenvalue weighted by Crippen LogP contribution is 2.34. The zero-order chi connectivity index (χ0) is 10.3. The number of hydrogen-bond acceptors (Lipinski definition) is 3. The molecule has 0 spiro atoms. The molecule has 76 valence electrons. The molecule has 1 amide bonds. The standard InChI is InChI=1S/C10H14N2O2/c1-6-4-8(12(3)10(6)13)9-5-7(2)11-14-9/h5-6,8H,4H2,1-3H3/t6?,8-/m0/s1. The largest absolute Gasteiger partial charge is 0.359 e. The summed E-state index contributed by atoms with van der Waals surface area (Å²) in [6, 6.07) is 1.96. The van der Waals surface area contributed by atoms with E-state index in [1.807, 2.05) is 27.0 Å². The molecular weight excluding hydrogens is 180 g/mol. The fraction of sp³-hybridized carbons (Fsp3) is 0.600. The van der Waals surface area contributed by atoms with Crippen molar-refractivity contribution in [1.82, 2.24) is 10.1 Å². The third-order valence-corrected chi connectivity index (χ3v) is 2.79. The highest BCUT2D eigenvalue weighted by atomic mass is 16.5. The van der Waals surface area contributed by atoms with Gasteiger partial charge in [0.2, 0.25) is 5.91 Å². The Kier molecular flexibility index (Phi) is 2.06. The Morgan fingerprint density at radius 1 is 1.64 bits per heavy atom. The van der Waals surface area contributed by atoms with Crippen molar-refractivity contribution in [2.45, 2.75) is 26.3 Å². The monoisotopic (exact) mass is 194 g/mol. The predicted molar refractivity (Wildman–Crippen MR) is 50.5 cm³/mol. The van der Waals surface area contributed by atoms with Crippen LogP contribution in [0.15, 0.2) is 10.6 Å². The van der Waals surface area contributed by atoms with Crippen LogP contribution in [0.4, 0.5) is 0 Å². The third-order valence-electron chi connectivity index (χ3n) is 2.79. The first-order chi connectivity index (χ1) is 6.59. The lowest BCUT2D eigenvalue weighted by Crippen LogP contribution is -2.23. The fourth-order valence-corrected chi connectivity index (χ4v) is 1.94. The first-order valence-corrected chi connectivity index (χ1v) is 4.79. The summed E-state index contributed by atoms with van der Waals surface area (Å²) in [4.78, 5) is 13.3. The maximum Gasteiger partial charge on any atom is 0.225 e. The van der Waals surface area contributed by atoms with Crippen molar-refractivity contribution in [2.75, 3.05) is 7.05 Å². The quantitative estimate of drug-likeness (QED) is 0.681.